The number of carbonyl (C=O) groups is 1. The third-order valence-electron chi connectivity index (χ3n) is 5.48. The summed E-state index contributed by atoms with van der Waals surface area (Å²) < 4.78 is 7.32. The minimum atomic E-state index is 0.0182. The number of ketones is 1. The normalized spacial score (nSPS) is 14.2. The number of imidazole rings is 1. The fourth-order valence-electron chi connectivity index (χ4n) is 3.75. The van der Waals surface area contributed by atoms with Gasteiger partial charge in [-0.1, -0.05) is 0 Å². The number of fused-ring (bicyclic) bond motifs is 1. The second-order valence-electron chi connectivity index (χ2n) is 7.58. The Labute approximate surface area is 179 Å². The van der Waals surface area contributed by atoms with Crippen LogP contribution in [-0.4, -0.2) is 56.6 Å². The first-order valence-corrected chi connectivity index (χ1v) is 10.2. The first-order valence-electron chi connectivity index (χ1n) is 10.2. The van der Waals surface area contributed by atoms with Crippen LogP contribution in [0.1, 0.15) is 16.1 Å². The topological polar surface area (TPSA) is 86.0 Å². The molecule has 4 aromatic heterocycles. The molecule has 0 amide bonds. The molecule has 0 spiro atoms. The van der Waals surface area contributed by atoms with E-state index in [9.17, 15) is 4.79 Å². The Balaban J connectivity index is 1.38. The Morgan fingerprint density at radius 2 is 1.87 bits per heavy atom. The van der Waals surface area contributed by atoms with Gasteiger partial charge in [-0.05, 0) is 29.7 Å². The Morgan fingerprint density at radius 3 is 2.68 bits per heavy atom. The SMILES string of the molecule is Cn1cncc1-c1cc2cc(CC(=O)c3ccnc(N4CCOCC4)c3)ncc2cn1. The molecule has 0 aromatic carbocycles. The van der Waals surface area contributed by atoms with Crippen molar-refractivity contribution in [3.63, 3.8) is 0 Å². The number of morpholine rings is 1. The number of nitrogens with zero attached hydrogens (tertiary/aromatic N) is 6. The van der Waals surface area contributed by atoms with E-state index in [4.69, 9.17) is 4.74 Å². The molecule has 0 unspecified atom stereocenters. The lowest BCUT2D eigenvalue weighted by Gasteiger charge is -2.27. The van der Waals surface area contributed by atoms with Gasteiger partial charge in [0.1, 0.15) is 5.82 Å². The fraction of sp³-hybridized carbons (Fsp3) is 0.261. The maximum Gasteiger partial charge on any atom is 0.169 e. The van der Waals surface area contributed by atoms with E-state index in [0.29, 0.717) is 18.8 Å². The summed E-state index contributed by atoms with van der Waals surface area (Å²) in [6, 6.07) is 7.58. The van der Waals surface area contributed by atoms with Gasteiger partial charge in [-0.25, -0.2) is 9.97 Å². The van der Waals surface area contributed by atoms with E-state index in [1.165, 1.54) is 0 Å². The monoisotopic (exact) mass is 414 g/mol. The van der Waals surface area contributed by atoms with Gasteiger partial charge in [0.2, 0.25) is 0 Å². The van der Waals surface area contributed by atoms with Crippen molar-refractivity contribution in [2.75, 3.05) is 31.2 Å². The summed E-state index contributed by atoms with van der Waals surface area (Å²) in [5, 5.41) is 1.92. The molecule has 31 heavy (non-hydrogen) atoms. The molecule has 0 saturated carbocycles. The van der Waals surface area contributed by atoms with Crippen LogP contribution in [0.15, 0.2) is 55.4 Å². The van der Waals surface area contributed by atoms with Gasteiger partial charge >= 0.3 is 0 Å². The Morgan fingerprint density at radius 1 is 1.03 bits per heavy atom. The molecule has 1 fully saturated rings. The molecular weight excluding hydrogens is 392 g/mol. The zero-order chi connectivity index (χ0) is 21.2. The van der Waals surface area contributed by atoms with E-state index in [-0.39, 0.29) is 12.2 Å². The number of hydrogen-bond donors (Lipinski definition) is 0. The fourth-order valence-corrected chi connectivity index (χ4v) is 3.75. The number of rotatable bonds is 5. The first-order chi connectivity index (χ1) is 15.2. The second-order valence-corrected chi connectivity index (χ2v) is 7.58. The van der Waals surface area contributed by atoms with Crippen LogP contribution in [0.2, 0.25) is 0 Å². The molecule has 0 atom stereocenters. The summed E-state index contributed by atoms with van der Waals surface area (Å²) in [5.74, 6) is 0.831. The molecule has 1 aliphatic heterocycles. The minimum Gasteiger partial charge on any atom is -0.378 e. The van der Waals surface area contributed by atoms with Crippen molar-refractivity contribution in [2.24, 2.45) is 7.05 Å². The molecule has 4 aromatic rings. The van der Waals surface area contributed by atoms with Crippen molar-refractivity contribution in [1.29, 1.82) is 0 Å². The van der Waals surface area contributed by atoms with Crippen LogP contribution >= 0.6 is 0 Å². The van der Waals surface area contributed by atoms with Crippen LogP contribution in [0, 0.1) is 0 Å². The summed E-state index contributed by atoms with van der Waals surface area (Å²) in [7, 11) is 1.94. The van der Waals surface area contributed by atoms with Gasteiger partial charge in [0.15, 0.2) is 5.78 Å². The van der Waals surface area contributed by atoms with Gasteiger partial charge in [-0.2, -0.15) is 0 Å². The first kappa shape index (κ1) is 19.3. The smallest absolute Gasteiger partial charge is 0.169 e. The highest BCUT2D eigenvalue weighted by Crippen LogP contribution is 2.22. The molecule has 0 aliphatic carbocycles. The average molecular weight is 414 g/mol. The van der Waals surface area contributed by atoms with Gasteiger partial charge in [0.25, 0.3) is 0 Å². The van der Waals surface area contributed by atoms with Crippen molar-refractivity contribution >= 4 is 22.4 Å². The van der Waals surface area contributed by atoms with Gasteiger partial charge in [0.05, 0.1) is 43.5 Å². The predicted molar refractivity (Wildman–Crippen MR) is 117 cm³/mol. The van der Waals surface area contributed by atoms with Gasteiger partial charge in [-0.3, -0.25) is 14.8 Å². The highest BCUT2D eigenvalue weighted by atomic mass is 16.5. The number of pyridine rings is 3. The number of hydrogen-bond acceptors (Lipinski definition) is 7. The van der Waals surface area contributed by atoms with E-state index in [1.54, 1.807) is 37.2 Å². The van der Waals surface area contributed by atoms with Crippen molar-refractivity contribution in [3.05, 3.63) is 66.6 Å². The molecule has 8 heteroatoms. The van der Waals surface area contributed by atoms with Crippen LogP contribution in [0.3, 0.4) is 0 Å². The van der Waals surface area contributed by atoms with Crippen LogP contribution in [0.4, 0.5) is 5.82 Å². The lowest BCUT2D eigenvalue weighted by atomic mass is 10.1. The molecule has 5 heterocycles. The lowest BCUT2D eigenvalue weighted by Crippen LogP contribution is -2.36. The summed E-state index contributed by atoms with van der Waals surface area (Å²) in [4.78, 5) is 32.7. The lowest BCUT2D eigenvalue weighted by molar-refractivity contribution is 0.0992. The van der Waals surface area contributed by atoms with E-state index < -0.39 is 0 Å². The Kier molecular flexibility index (Phi) is 5.13. The van der Waals surface area contributed by atoms with Gasteiger partial charge < -0.3 is 14.2 Å². The second kappa shape index (κ2) is 8.23. The zero-order valence-electron chi connectivity index (χ0n) is 17.2. The number of ether oxygens (including phenoxy) is 1. The largest absolute Gasteiger partial charge is 0.378 e. The molecule has 5 rings (SSSR count). The average Bonchev–Trinajstić information content (AvgIpc) is 3.25. The number of carbonyl (C=O) groups excluding carboxylic acids is 1. The molecule has 1 aliphatic rings. The molecule has 0 N–H and O–H groups in total. The summed E-state index contributed by atoms with van der Waals surface area (Å²) in [5.41, 5.74) is 3.14. The number of aryl methyl sites for hydroxylation is 1. The van der Waals surface area contributed by atoms with Crippen LogP contribution in [0.25, 0.3) is 22.2 Å². The molecule has 8 nitrogen and oxygen atoms in total. The minimum absolute atomic E-state index is 0.0182. The number of aromatic nitrogens is 5. The maximum atomic E-state index is 12.9. The van der Waals surface area contributed by atoms with Crippen LogP contribution in [0.5, 0.6) is 0 Å². The summed E-state index contributed by atoms with van der Waals surface area (Å²) in [6.07, 6.45) is 9.02. The third-order valence-corrected chi connectivity index (χ3v) is 5.48. The summed E-state index contributed by atoms with van der Waals surface area (Å²) >= 11 is 0. The quantitative estimate of drug-likeness (QED) is 0.464. The van der Waals surface area contributed by atoms with Crippen molar-refractivity contribution < 1.29 is 9.53 Å². The predicted octanol–water partition coefficient (Wildman–Crippen LogP) is 2.69. The number of anilines is 1. The molecule has 0 radical (unpaired) electrons. The maximum absolute atomic E-state index is 12.9. The van der Waals surface area contributed by atoms with E-state index in [2.05, 4.69) is 24.8 Å². The van der Waals surface area contributed by atoms with Gasteiger partial charge in [0, 0.05) is 55.4 Å². The molecular formula is C23H22N6O2. The van der Waals surface area contributed by atoms with Crippen molar-refractivity contribution in [3.8, 4) is 11.4 Å². The standard InChI is InChI=1S/C23H22N6O2/c1-28-15-24-14-21(28)20-9-17-8-19(26-12-18(17)13-27-20)11-22(30)16-2-3-25-23(10-16)29-4-6-31-7-5-29/h2-3,8-10,12-15H,4-7,11H2,1H3. The highest BCUT2D eigenvalue weighted by molar-refractivity contribution is 5.98. The Bertz CT molecular complexity index is 1250. The van der Waals surface area contributed by atoms with E-state index in [1.807, 2.05) is 29.8 Å². The zero-order valence-corrected chi connectivity index (χ0v) is 17.2. The molecule has 156 valence electrons. The highest BCUT2D eigenvalue weighted by Gasteiger charge is 2.15. The molecule has 1 saturated heterocycles. The Hall–Kier alpha value is -3.65. The summed E-state index contributed by atoms with van der Waals surface area (Å²) in [6.45, 7) is 2.92. The van der Waals surface area contributed by atoms with E-state index in [0.717, 1.165) is 46.8 Å². The van der Waals surface area contributed by atoms with Gasteiger partial charge in [-0.15, -0.1) is 0 Å². The van der Waals surface area contributed by atoms with Crippen LogP contribution in [-0.2, 0) is 18.2 Å². The molecule has 0 bridgehead atoms. The van der Waals surface area contributed by atoms with Crippen molar-refractivity contribution in [2.45, 2.75) is 6.42 Å². The van der Waals surface area contributed by atoms with E-state index >= 15 is 0 Å². The van der Waals surface area contributed by atoms with Crippen molar-refractivity contribution in [1.82, 2.24) is 24.5 Å². The third kappa shape index (κ3) is 4.02. The number of Topliss-reactive ketones (excluding diaryl/α,β-unsaturated/α-hetero) is 1. The van der Waals surface area contributed by atoms with Crippen LogP contribution < -0.4 is 4.90 Å².